The summed E-state index contributed by atoms with van der Waals surface area (Å²) in [6, 6.07) is 6.32. The number of halogens is 1. The van der Waals surface area contributed by atoms with E-state index < -0.39 is 0 Å². The lowest BCUT2D eigenvalue weighted by molar-refractivity contribution is 0.675. The van der Waals surface area contributed by atoms with Gasteiger partial charge in [-0.15, -0.1) is 0 Å². The maximum absolute atomic E-state index is 6.27. The number of aromatic nitrogens is 1. The molecule has 0 saturated heterocycles. The Balaban J connectivity index is 2.16. The van der Waals surface area contributed by atoms with Gasteiger partial charge in [-0.1, -0.05) is 23.7 Å². The van der Waals surface area contributed by atoms with Crippen LogP contribution in [-0.4, -0.2) is 10.1 Å². The first kappa shape index (κ1) is 10.2. The van der Waals surface area contributed by atoms with Crippen molar-refractivity contribution in [3.63, 3.8) is 0 Å². The average molecular weight is 235 g/mol. The van der Waals surface area contributed by atoms with E-state index in [-0.39, 0.29) is 5.54 Å². The van der Waals surface area contributed by atoms with Gasteiger partial charge < -0.3 is 10.3 Å². The van der Waals surface area contributed by atoms with Gasteiger partial charge in [-0.25, -0.2) is 0 Å². The van der Waals surface area contributed by atoms with Gasteiger partial charge in [0.15, 0.2) is 0 Å². The third-order valence-electron chi connectivity index (χ3n) is 3.49. The van der Waals surface area contributed by atoms with Gasteiger partial charge >= 0.3 is 0 Å². The predicted molar refractivity (Wildman–Crippen MR) is 67.8 cm³/mol. The summed E-state index contributed by atoms with van der Waals surface area (Å²) in [6.45, 7) is 0. The van der Waals surface area contributed by atoms with Crippen LogP contribution in [0.15, 0.2) is 24.4 Å². The summed E-state index contributed by atoms with van der Waals surface area (Å²) in [4.78, 5) is 0. The van der Waals surface area contributed by atoms with Crippen LogP contribution in [0.4, 0.5) is 0 Å². The Morgan fingerprint density at radius 1 is 1.44 bits per heavy atom. The minimum absolute atomic E-state index is 0.0352. The molecule has 2 nitrogen and oxygen atoms in total. The highest BCUT2D eigenvalue weighted by Crippen LogP contribution is 2.38. The number of nitrogens with two attached hydrogens (primary N) is 1. The van der Waals surface area contributed by atoms with Crippen molar-refractivity contribution in [2.24, 2.45) is 12.8 Å². The SMILES string of the molecule is Cn1cc(Cl)c2c(CC3(N)CC3)cccc21. The molecule has 0 unspecified atom stereocenters. The van der Waals surface area contributed by atoms with E-state index in [1.807, 2.05) is 13.2 Å². The van der Waals surface area contributed by atoms with E-state index >= 15 is 0 Å². The summed E-state index contributed by atoms with van der Waals surface area (Å²) in [5, 5.41) is 2.00. The molecule has 1 aromatic heterocycles. The van der Waals surface area contributed by atoms with Crippen LogP contribution in [0.5, 0.6) is 0 Å². The van der Waals surface area contributed by atoms with Gasteiger partial charge in [0.1, 0.15) is 0 Å². The Kier molecular flexibility index (Phi) is 2.07. The van der Waals surface area contributed by atoms with E-state index in [0.717, 1.165) is 24.3 Å². The second kappa shape index (κ2) is 3.25. The fourth-order valence-corrected chi connectivity index (χ4v) is 2.69. The zero-order valence-electron chi connectivity index (χ0n) is 9.33. The van der Waals surface area contributed by atoms with E-state index in [4.69, 9.17) is 17.3 Å². The number of nitrogens with zero attached hydrogens (tertiary/aromatic N) is 1. The van der Waals surface area contributed by atoms with Gasteiger partial charge in [-0.05, 0) is 30.9 Å². The Morgan fingerprint density at radius 3 is 2.88 bits per heavy atom. The Morgan fingerprint density at radius 2 is 2.19 bits per heavy atom. The van der Waals surface area contributed by atoms with Crippen molar-refractivity contribution in [3.05, 3.63) is 35.0 Å². The standard InChI is InChI=1S/C13H15ClN2/c1-16-8-10(14)12-9(3-2-4-11(12)16)7-13(15)5-6-13/h2-4,8H,5-7,15H2,1H3. The lowest BCUT2D eigenvalue weighted by Gasteiger charge is -2.10. The van der Waals surface area contributed by atoms with Gasteiger partial charge in [-0.3, -0.25) is 0 Å². The van der Waals surface area contributed by atoms with E-state index in [9.17, 15) is 0 Å². The van der Waals surface area contributed by atoms with Gasteiger partial charge in [0.25, 0.3) is 0 Å². The molecule has 1 fully saturated rings. The van der Waals surface area contributed by atoms with Crippen LogP contribution in [0.2, 0.25) is 5.02 Å². The molecule has 0 radical (unpaired) electrons. The van der Waals surface area contributed by atoms with Crippen molar-refractivity contribution in [2.75, 3.05) is 0 Å². The Hall–Kier alpha value is -0.990. The molecule has 3 heteroatoms. The first-order chi connectivity index (χ1) is 7.59. The topological polar surface area (TPSA) is 30.9 Å². The van der Waals surface area contributed by atoms with E-state index in [1.54, 1.807) is 0 Å². The zero-order chi connectivity index (χ0) is 11.3. The van der Waals surface area contributed by atoms with Crippen molar-refractivity contribution >= 4 is 22.5 Å². The molecule has 16 heavy (non-hydrogen) atoms. The summed E-state index contributed by atoms with van der Waals surface area (Å²) in [5.41, 5.74) is 8.68. The highest BCUT2D eigenvalue weighted by Gasteiger charge is 2.38. The van der Waals surface area contributed by atoms with Gasteiger partial charge in [0.2, 0.25) is 0 Å². The van der Waals surface area contributed by atoms with Crippen LogP contribution in [0, 0.1) is 0 Å². The summed E-state index contributed by atoms with van der Waals surface area (Å²) >= 11 is 6.27. The molecule has 1 saturated carbocycles. The van der Waals surface area contributed by atoms with Crippen LogP contribution in [-0.2, 0) is 13.5 Å². The number of fused-ring (bicyclic) bond motifs is 1. The lowest BCUT2D eigenvalue weighted by Crippen LogP contribution is -2.24. The largest absolute Gasteiger partial charge is 0.349 e. The van der Waals surface area contributed by atoms with E-state index in [2.05, 4.69) is 22.8 Å². The maximum atomic E-state index is 6.27. The van der Waals surface area contributed by atoms with Crippen LogP contribution >= 0.6 is 11.6 Å². The number of benzene rings is 1. The highest BCUT2D eigenvalue weighted by atomic mass is 35.5. The van der Waals surface area contributed by atoms with Crippen molar-refractivity contribution in [2.45, 2.75) is 24.8 Å². The van der Waals surface area contributed by atoms with Crippen LogP contribution in [0.1, 0.15) is 18.4 Å². The van der Waals surface area contributed by atoms with Crippen molar-refractivity contribution < 1.29 is 0 Å². The molecule has 1 aliphatic rings. The molecule has 3 rings (SSSR count). The molecule has 0 bridgehead atoms. The van der Waals surface area contributed by atoms with Gasteiger partial charge in [0, 0.05) is 29.7 Å². The minimum Gasteiger partial charge on any atom is -0.349 e. The lowest BCUT2D eigenvalue weighted by atomic mass is 10.0. The number of rotatable bonds is 2. The van der Waals surface area contributed by atoms with Gasteiger partial charge in [0.05, 0.1) is 5.02 Å². The summed E-state index contributed by atoms with van der Waals surface area (Å²) in [5.74, 6) is 0. The number of aryl methyl sites for hydroxylation is 1. The number of hydrogen-bond donors (Lipinski definition) is 1. The molecule has 1 aliphatic carbocycles. The first-order valence-corrected chi connectivity index (χ1v) is 5.98. The average Bonchev–Trinajstić information content (AvgIpc) is 2.87. The minimum atomic E-state index is 0.0352. The molecule has 2 aromatic rings. The molecule has 84 valence electrons. The molecule has 0 atom stereocenters. The molecular formula is C13H15ClN2. The quantitative estimate of drug-likeness (QED) is 0.851. The molecule has 1 heterocycles. The van der Waals surface area contributed by atoms with E-state index in [1.165, 1.54) is 16.5 Å². The fraction of sp³-hybridized carbons (Fsp3) is 0.385. The third kappa shape index (κ3) is 1.53. The normalized spacial score (nSPS) is 17.9. The van der Waals surface area contributed by atoms with Crippen LogP contribution < -0.4 is 5.73 Å². The monoisotopic (exact) mass is 234 g/mol. The zero-order valence-corrected chi connectivity index (χ0v) is 10.1. The third-order valence-corrected chi connectivity index (χ3v) is 3.78. The molecule has 0 spiro atoms. The fourth-order valence-electron chi connectivity index (χ4n) is 2.32. The second-order valence-electron chi connectivity index (χ2n) is 4.94. The maximum Gasteiger partial charge on any atom is 0.0664 e. The molecular weight excluding hydrogens is 220 g/mol. The van der Waals surface area contributed by atoms with Crippen LogP contribution in [0.25, 0.3) is 10.9 Å². The van der Waals surface area contributed by atoms with E-state index in [0.29, 0.717) is 0 Å². The van der Waals surface area contributed by atoms with Crippen LogP contribution in [0.3, 0.4) is 0 Å². The summed E-state index contributed by atoms with van der Waals surface area (Å²) in [6.07, 6.45) is 5.17. The smallest absolute Gasteiger partial charge is 0.0664 e. The predicted octanol–water partition coefficient (Wildman–Crippen LogP) is 2.87. The molecule has 0 amide bonds. The Labute approximate surface area is 100.0 Å². The molecule has 1 aromatic carbocycles. The van der Waals surface area contributed by atoms with Crippen molar-refractivity contribution in [3.8, 4) is 0 Å². The first-order valence-electron chi connectivity index (χ1n) is 5.60. The molecule has 0 aliphatic heterocycles. The second-order valence-corrected chi connectivity index (χ2v) is 5.35. The highest BCUT2D eigenvalue weighted by molar-refractivity contribution is 6.35. The summed E-state index contributed by atoms with van der Waals surface area (Å²) < 4.78 is 2.07. The van der Waals surface area contributed by atoms with Crippen molar-refractivity contribution in [1.82, 2.24) is 4.57 Å². The van der Waals surface area contributed by atoms with Crippen molar-refractivity contribution in [1.29, 1.82) is 0 Å². The Bertz CT molecular complexity index is 552. The van der Waals surface area contributed by atoms with Gasteiger partial charge in [-0.2, -0.15) is 0 Å². The summed E-state index contributed by atoms with van der Waals surface area (Å²) in [7, 11) is 2.02. The number of hydrogen-bond acceptors (Lipinski definition) is 1. The molecule has 2 N–H and O–H groups in total.